The van der Waals surface area contributed by atoms with Crippen LogP contribution >= 0.6 is 39.1 Å². The van der Waals surface area contributed by atoms with Crippen molar-refractivity contribution in [2.24, 2.45) is 0 Å². The van der Waals surface area contributed by atoms with Crippen molar-refractivity contribution in [3.8, 4) is 11.1 Å². The zero-order valence-corrected chi connectivity index (χ0v) is 14.9. The zero-order chi connectivity index (χ0) is 15.3. The third kappa shape index (κ3) is 2.44. The summed E-state index contributed by atoms with van der Waals surface area (Å²) in [6.45, 7) is 2.10. The number of nitrogens with one attached hydrogen (secondary N) is 2. The Hall–Kier alpha value is -0.740. The van der Waals surface area contributed by atoms with Gasteiger partial charge in [0, 0.05) is 38.6 Å². The molecule has 2 aliphatic heterocycles. The maximum atomic E-state index is 6.38. The highest BCUT2D eigenvalue weighted by atomic mass is 79.9. The van der Waals surface area contributed by atoms with Gasteiger partial charge in [-0.1, -0.05) is 29.3 Å². The van der Waals surface area contributed by atoms with Gasteiger partial charge in [-0.25, -0.2) is 0 Å². The van der Waals surface area contributed by atoms with Crippen LogP contribution in [-0.4, -0.2) is 19.1 Å². The molecule has 4 rings (SSSR count). The zero-order valence-electron chi connectivity index (χ0n) is 11.8. The minimum absolute atomic E-state index is 0.520. The van der Waals surface area contributed by atoms with E-state index in [9.17, 15) is 0 Å². The number of anilines is 1. The van der Waals surface area contributed by atoms with Crippen LogP contribution in [0.25, 0.3) is 11.1 Å². The summed E-state index contributed by atoms with van der Waals surface area (Å²) in [6.07, 6.45) is 1.16. The van der Waals surface area contributed by atoms with Crippen LogP contribution in [0.15, 0.2) is 34.8 Å². The van der Waals surface area contributed by atoms with Crippen molar-refractivity contribution < 1.29 is 0 Å². The topological polar surface area (TPSA) is 24.1 Å². The molecule has 2 unspecified atom stereocenters. The molecule has 114 valence electrons. The Morgan fingerprint density at radius 1 is 1.14 bits per heavy atom. The van der Waals surface area contributed by atoms with Crippen molar-refractivity contribution in [1.82, 2.24) is 5.32 Å². The normalized spacial score (nSPS) is 22.9. The highest BCUT2D eigenvalue weighted by molar-refractivity contribution is 9.10. The van der Waals surface area contributed by atoms with E-state index in [1.54, 1.807) is 6.07 Å². The first kappa shape index (κ1) is 14.8. The number of fused-ring (bicyclic) bond motifs is 3. The third-order valence-corrected chi connectivity index (χ3v) is 5.75. The van der Waals surface area contributed by atoms with Gasteiger partial charge in [0.25, 0.3) is 0 Å². The van der Waals surface area contributed by atoms with Crippen LogP contribution in [0, 0.1) is 0 Å². The van der Waals surface area contributed by atoms with Gasteiger partial charge in [0.1, 0.15) is 0 Å². The Labute approximate surface area is 148 Å². The third-order valence-electron chi connectivity index (χ3n) is 4.57. The number of rotatable bonds is 1. The van der Waals surface area contributed by atoms with Crippen molar-refractivity contribution >= 4 is 44.8 Å². The molecule has 0 saturated carbocycles. The summed E-state index contributed by atoms with van der Waals surface area (Å²) in [5.74, 6) is 0.520. The lowest BCUT2D eigenvalue weighted by molar-refractivity contribution is 0.440. The van der Waals surface area contributed by atoms with Crippen LogP contribution in [-0.2, 0) is 0 Å². The molecule has 22 heavy (non-hydrogen) atoms. The molecule has 0 aliphatic carbocycles. The molecule has 1 fully saturated rings. The van der Waals surface area contributed by atoms with Crippen molar-refractivity contribution in [1.29, 1.82) is 0 Å². The molecule has 0 spiro atoms. The largest absolute Gasteiger partial charge is 0.380 e. The Bertz CT molecular complexity index is 748. The van der Waals surface area contributed by atoms with E-state index in [2.05, 4.69) is 38.7 Å². The van der Waals surface area contributed by atoms with E-state index in [-0.39, 0.29) is 0 Å². The molecule has 0 aromatic heterocycles. The summed E-state index contributed by atoms with van der Waals surface area (Å²) < 4.78 is 1.10. The first-order valence-corrected chi connectivity index (χ1v) is 8.94. The van der Waals surface area contributed by atoms with Crippen LogP contribution in [0.5, 0.6) is 0 Å². The smallest absolute Gasteiger partial charge is 0.0524 e. The quantitative estimate of drug-likeness (QED) is 0.682. The second-order valence-electron chi connectivity index (χ2n) is 5.90. The van der Waals surface area contributed by atoms with Gasteiger partial charge in [-0.2, -0.15) is 0 Å². The summed E-state index contributed by atoms with van der Waals surface area (Å²) >= 11 is 16.1. The average molecular weight is 398 g/mol. The van der Waals surface area contributed by atoms with E-state index in [4.69, 9.17) is 23.2 Å². The molecule has 2 N–H and O–H groups in total. The van der Waals surface area contributed by atoms with Gasteiger partial charge >= 0.3 is 0 Å². The van der Waals surface area contributed by atoms with Gasteiger partial charge in [0.05, 0.1) is 5.69 Å². The first-order chi connectivity index (χ1) is 10.6. The monoisotopic (exact) mass is 396 g/mol. The molecule has 0 amide bonds. The Kier molecular flexibility index (Phi) is 3.85. The molecule has 2 aromatic carbocycles. The fourth-order valence-corrected chi connectivity index (χ4v) is 4.60. The van der Waals surface area contributed by atoms with Crippen LogP contribution in [0.3, 0.4) is 0 Å². The lowest BCUT2D eigenvalue weighted by Gasteiger charge is -2.26. The molecule has 2 atom stereocenters. The minimum Gasteiger partial charge on any atom is -0.380 e. The van der Waals surface area contributed by atoms with Crippen LogP contribution in [0.2, 0.25) is 10.0 Å². The Balaban J connectivity index is 1.82. The molecule has 2 heterocycles. The molecule has 2 aromatic rings. The van der Waals surface area contributed by atoms with Gasteiger partial charge in [0.15, 0.2) is 0 Å². The SMILES string of the molecule is Clc1ccc(-c2cc(Br)c3c(c2)C2CNCCC2N3)c(Cl)c1. The van der Waals surface area contributed by atoms with Crippen LogP contribution < -0.4 is 10.6 Å². The predicted molar refractivity (Wildman–Crippen MR) is 97.2 cm³/mol. The maximum absolute atomic E-state index is 6.38. The predicted octanol–water partition coefficient (Wildman–Crippen LogP) is 5.29. The highest BCUT2D eigenvalue weighted by Gasteiger charge is 2.35. The molecule has 1 saturated heterocycles. The van der Waals surface area contributed by atoms with Crippen molar-refractivity contribution in [2.45, 2.75) is 18.4 Å². The first-order valence-electron chi connectivity index (χ1n) is 7.39. The summed E-state index contributed by atoms with van der Waals surface area (Å²) in [4.78, 5) is 0. The fourth-order valence-electron chi connectivity index (χ4n) is 3.50. The molecular weight excluding hydrogens is 383 g/mol. The van der Waals surface area contributed by atoms with E-state index in [1.165, 1.54) is 11.3 Å². The summed E-state index contributed by atoms with van der Waals surface area (Å²) in [7, 11) is 0. The second kappa shape index (κ2) is 5.72. The standard InChI is InChI=1S/C17H15BrCl2N2/c18-14-6-9(11-2-1-10(19)7-15(11)20)5-12-13-8-21-4-3-16(13)22-17(12)14/h1-2,5-7,13,16,21-22H,3-4,8H2. The van der Waals surface area contributed by atoms with Gasteiger partial charge in [-0.05, 0) is 64.3 Å². The van der Waals surface area contributed by atoms with E-state index >= 15 is 0 Å². The van der Waals surface area contributed by atoms with Crippen LogP contribution in [0.4, 0.5) is 5.69 Å². The molecule has 2 nitrogen and oxygen atoms in total. The van der Waals surface area contributed by atoms with Gasteiger partial charge in [-0.3, -0.25) is 0 Å². The van der Waals surface area contributed by atoms with Gasteiger partial charge in [0.2, 0.25) is 0 Å². The van der Waals surface area contributed by atoms with Crippen molar-refractivity contribution in [3.05, 3.63) is 50.4 Å². The number of hydrogen-bond donors (Lipinski definition) is 2. The lowest BCUT2D eigenvalue weighted by atomic mass is 9.89. The lowest BCUT2D eigenvalue weighted by Crippen LogP contribution is -2.38. The molecule has 0 radical (unpaired) electrons. The summed E-state index contributed by atoms with van der Waals surface area (Å²) in [5, 5.41) is 8.51. The Morgan fingerprint density at radius 3 is 2.82 bits per heavy atom. The molecule has 0 bridgehead atoms. The number of piperidine rings is 1. The van der Waals surface area contributed by atoms with Crippen molar-refractivity contribution in [3.63, 3.8) is 0 Å². The van der Waals surface area contributed by atoms with Crippen LogP contribution in [0.1, 0.15) is 17.9 Å². The molecule has 5 heteroatoms. The number of halogens is 3. The molecule has 2 aliphatic rings. The number of benzene rings is 2. The van der Waals surface area contributed by atoms with E-state index in [0.717, 1.165) is 35.1 Å². The van der Waals surface area contributed by atoms with Gasteiger partial charge < -0.3 is 10.6 Å². The summed E-state index contributed by atoms with van der Waals surface area (Å²) in [6, 6.07) is 10.6. The maximum Gasteiger partial charge on any atom is 0.0524 e. The number of hydrogen-bond acceptors (Lipinski definition) is 2. The molecular formula is C17H15BrCl2N2. The Morgan fingerprint density at radius 2 is 2.00 bits per heavy atom. The second-order valence-corrected chi connectivity index (χ2v) is 7.59. The van der Waals surface area contributed by atoms with Crippen molar-refractivity contribution in [2.75, 3.05) is 18.4 Å². The van der Waals surface area contributed by atoms with E-state index < -0.39 is 0 Å². The minimum atomic E-state index is 0.520. The fraction of sp³-hybridized carbons (Fsp3) is 0.294. The summed E-state index contributed by atoms with van der Waals surface area (Å²) in [5.41, 5.74) is 4.74. The highest BCUT2D eigenvalue weighted by Crippen LogP contribution is 2.45. The van der Waals surface area contributed by atoms with Gasteiger partial charge in [-0.15, -0.1) is 0 Å². The van der Waals surface area contributed by atoms with E-state index in [1.807, 2.05) is 12.1 Å². The van der Waals surface area contributed by atoms with E-state index in [0.29, 0.717) is 22.0 Å². The average Bonchev–Trinajstić information content (AvgIpc) is 2.87.